The van der Waals surface area contributed by atoms with Gasteiger partial charge in [0, 0.05) is 10.6 Å². The maximum atomic E-state index is 13.4. The van der Waals surface area contributed by atoms with Crippen molar-refractivity contribution in [2.75, 3.05) is 32.3 Å². The van der Waals surface area contributed by atoms with E-state index in [1.54, 1.807) is 55.7 Å². The van der Waals surface area contributed by atoms with Crippen LogP contribution in [-0.4, -0.2) is 49.3 Å². The summed E-state index contributed by atoms with van der Waals surface area (Å²) in [6.45, 7) is -0.214. The number of methoxy groups -OCH3 is 2. The quantitative estimate of drug-likeness (QED) is 0.265. The van der Waals surface area contributed by atoms with Crippen LogP contribution in [0.2, 0.25) is 5.02 Å². The Labute approximate surface area is 196 Å². The Bertz CT molecular complexity index is 1120. The van der Waals surface area contributed by atoms with Crippen LogP contribution >= 0.6 is 23.8 Å². The molecule has 0 aliphatic carbocycles. The summed E-state index contributed by atoms with van der Waals surface area (Å²) in [5, 5.41) is 0.564. The largest absolute Gasteiger partial charge is 0.497 e. The fourth-order valence-corrected chi connectivity index (χ4v) is 3.55. The molecule has 1 amide bonds. The number of carbonyl (C=O) groups excluding carboxylic acids is 2. The van der Waals surface area contributed by atoms with Crippen LogP contribution < -0.4 is 14.4 Å². The van der Waals surface area contributed by atoms with Crippen molar-refractivity contribution in [3.05, 3.63) is 58.7 Å². The van der Waals surface area contributed by atoms with Crippen LogP contribution in [0.3, 0.4) is 0 Å². The number of hydrogen-bond donors (Lipinski definition) is 0. The van der Waals surface area contributed by atoms with Gasteiger partial charge in [-0.2, -0.15) is 0 Å². The second-order valence-corrected chi connectivity index (χ2v) is 7.29. The highest BCUT2D eigenvalue weighted by molar-refractivity contribution is 7.80. The maximum Gasteiger partial charge on any atom is 0.325 e. The van der Waals surface area contributed by atoms with Crippen molar-refractivity contribution in [1.29, 1.82) is 0 Å². The lowest BCUT2D eigenvalue weighted by Gasteiger charge is -2.19. The first kappa shape index (κ1) is 23.1. The van der Waals surface area contributed by atoms with Crippen LogP contribution in [0.5, 0.6) is 11.5 Å². The van der Waals surface area contributed by atoms with Crippen molar-refractivity contribution in [3.8, 4) is 23.8 Å². The first-order valence-electron chi connectivity index (χ1n) is 9.34. The monoisotopic (exact) mass is 470 g/mol. The maximum absolute atomic E-state index is 13.4. The van der Waals surface area contributed by atoms with E-state index in [4.69, 9.17) is 44.5 Å². The number of anilines is 1. The Morgan fingerprint density at radius 1 is 1.22 bits per heavy atom. The number of hydrogen-bond acceptors (Lipinski definition) is 6. The summed E-state index contributed by atoms with van der Waals surface area (Å²) in [5.41, 5.74) is 1.18. The number of terminal acetylenes is 1. The normalized spacial score (nSPS) is 14.5. The number of carbonyl (C=O) groups is 2. The highest BCUT2D eigenvalue weighted by atomic mass is 35.5. The van der Waals surface area contributed by atoms with Crippen LogP contribution in [0, 0.1) is 12.3 Å². The van der Waals surface area contributed by atoms with E-state index < -0.39 is 11.9 Å². The Morgan fingerprint density at radius 3 is 2.56 bits per heavy atom. The minimum absolute atomic E-state index is 0.0357. The van der Waals surface area contributed by atoms with Crippen molar-refractivity contribution in [1.82, 2.24) is 4.90 Å². The first-order chi connectivity index (χ1) is 15.4. The molecule has 2 aromatic rings. The van der Waals surface area contributed by atoms with Gasteiger partial charge in [-0.05, 0) is 60.8 Å². The summed E-state index contributed by atoms with van der Waals surface area (Å²) in [6.07, 6.45) is 6.85. The molecule has 1 fully saturated rings. The number of esters is 1. The third kappa shape index (κ3) is 4.85. The number of amides is 1. The SMILES string of the molecule is C#CCOc1ccc(Cl)cc1/C=C1/C(=O)N(c2ccc(OC)cc2)C(=S)N1CC(=O)OC. The van der Waals surface area contributed by atoms with Crippen LogP contribution in [0.15, 0.2) is 48.2 Å². The Morgan fingerprint density at radius 2 is 1.94 bits per heavy atom. The van der Waals surface area contributed by atoms with Crippen molar-refractivity contribution < 1.29 is 23.8 Å². The van der Waals surface area contributed by atoms with E-state index >= 15 is 0 Å². The van der Waals surface area contributed by atoms with Crippen molar-refractivity contribution in [3.63, 3.8) is 0 Å². The smallest absolute Gasteiger partial charge is 0.325 e. The van der Waals surface area contributed by atoms with Gasteiger partial charge in [0.2, 0.25) is 0 Å². The van der Waals surface area contributed by atoms with Gasteiger partial charge >= 0.3 is 5.97 Å². The van der Waals surface area contributed by atoms with Crippen LogP contribution in [0.25, 0.3) is 6.08 Å². The first-order valence-corrected chi connectivity index (χ1v) is 10.1. The van der Waals surface area contributed by atoms with Gasteiger partial charge in [0.15, 0.2) is 5.11 Å². The van der Waals surface area contributed by atoms with Crippen molar-refractivity contribution in [2.24, 2.45) is 0 Å². The van der Waals surface area contributed by atoms with Crippen LogP contribution in [0.1, 0.15) is 5.56 Å². The van der Waals surface area contributed by atoms with Gasteiger partial charge in [0.25, 0.3) is 5.91 Å². The summed E-state index contributed by atoms with van der Waals surface area (Å²) >= 11 is 11.7. The van der Waals surface area contributed by atoms with E-state index in [0.29, 0.717) is 27.8 Å². The van der Waals surface area contributed by atoms with Crippen molar-refractivity contribution >= 4 is 52.6 Å². The van der Waals surface area contributed by atoms with E-state index in [9.17, 15) is 9.59 Å². The third-order valence-corrected chi connectivity index (χ3v) is 5.19. The molecule has 1 aliphatic heterocycles. The average Bonchev–Trinajstić information content (AvgIpc) is 3.02. The Kier molecular flexibility index (Phi) is 7.36. The molecular weight excluding hydrogens is 452 g/mol. The van der Waals surface area contributed by atoms with Crippen LogP contribution in [0.4, 0.5) is 5.69 Å². The molecule has 0 radical (unpaired) electrons. The third-order valence-electron chi connectivity index (χ3n) is 4.56. The van der Waals surface area contributed by atoms with E-state index in [2.05, 4.69) is 5.92 Å². The number of benzene rings is 2. The predicted octanol–water partition coefficient (Wildman–Crippen LogP) is 3.51. The van der Waals surface area contributed by atoms with Gasteiger partial charge in [0.1, 0.15) is 30.3 Å². The molecule has 0 spiro atoms. The summed E-state index contributed by atoms with van der Waals surface area (Å²) in [5.74, 6) is 2.47. The molecule has 1 heterocycles. The molecule has 0 atom stereocenters. The molecule has 1 aliphatic rings. The molecule has 2 aromatic carbocycles. The average molecular weight is 471 g/mol. The fraction of sp³-hybridized carbons (Fsp3) is 0.174. The Hall–Kier alpha value is -3.54. The number of rotatable bonds is 7. The number of halogens is 1. The summed E-state index contributed by atoms with van der Waals surface area (Å²) in [6, 6.07) is 11.7. The van der Waals surface area contributed by atoms with Gasteiger partial charge < -0.3 is 19.1 Å². The van der Waals surface area contributed by atoms with E-state index in [0.717, 1.165) is 0 Å². The van der Waals surface area contributed by atoms with Gasteiger partial charge in [-0.3, -0.25) is 14.5 Å². The van der Waals surface area contributed by atoms with Crippen molar-refractivity contribution in [2.45, 2.75) is 0 Å². The highest BCUT2D eigenvalue weighted by Gasteiger charge is 2.40. The lowest BCUT2D eigenvalue weighted by atomic mass is 10.1. The molecule has 1 saturated heterocycles. The topological polar surface area (TPSA) is 68.3 Å². The molecule has 0 N–H and O–H groups in total. The van der Waals surface area contributed by atoms with Gasteiger partial charge in [-0.15, -0.1) is 6.42 Å². The molecule has 164 valence electrons. The predicted molar refractivity (Wildman–Crippen MR) is 126 cm³/mol. The molecule has 0 saturated carbocycles. The minimum Gasteiger partial charge on any atom is -0.497 e. The second kappa shape index (κ2) is 10.2. The van der Waals surface area contributed by atoms with Gasteiger partial charge in [0.05, 0.1) is 19.9 Å². The van der Waals surface area contributed by atoms with Gasteiger partial charge in [-0.25, -0.2) is 0 Å². The fourth-order valence-electron chi connectivity index (χ4n) is 3.02. The zero-order valence-corrected chi connectivity index (χ0v) is 18.9. The molecule has 7 nitrogen and oxygen atoms in total. The standard InChI is InChI=1S/C23H19ClN2O5S/c1-4-11-31-20-10-5-16(24)12-15(20)13-19-22(28)26(17-6-8-18(29-2)9-7-17)23(32)25(19)14-21(27)30-3/h1,5-10,12-13H,11,14H2,2-3H3/b19-13-. The lowest BCUT2D eigenvalue weighted by Crippen LogP contribution is -2.35. The molecule has 0 aromatic heterocycles. The summed E-state index contributed by atoms with van der Waals surface area (Å²) in [7, 11) is 2.81. The van der Waals surface area contributed by atoms with E-state index in [1.807, 2.05) is 0 Å². The second-order valence-electron chi connectivity index (χ2n) is 6.49. The summed E-state index contributed by atoms with van der Waals surface area (Å²) in [4.78, 5) is 28.2. The lowest BCUT2D eigenvalue weighted by molar-refractivity contribution is -0.140. The molecule has 0 bridgehead atoms. The highest BCUT2D eigenvalue weighted by Crippen LogP contribution is 2.32. The van der Waals surface area contributed by atoms with Crippen LogP contribution in [-0.2, 0) is 14.3 Å². The summed E-state index contributed by atoms with van der Waals surface area (Å²) < 4.78 is 15.5. The molecule has 9 heteroatoms. The Balaban J connectivity index is 2.08. The molecular formula is C23H19ClN2O5S. The number of ether oxygens (including phenoxy) is 3. The zero-order valence-electron chi connectivity index (χ0n) is 17.3. The number of thiocarbonyl (C=S) groups is 1. The molecule has 3 rings (SSSR count). The zero-order chi connectivity index (χ0) is 23.3. The molecule has 0 unspecified atom stereocenters. The number of nitrogens with zero attached hydrogens (tertiary/aromatic N) is 2. The minimum atomic E-state index is -0.558. The van der Waals surface area contributed by atoms with E-state index in [-0.39, 0.29) is 24.0 Å². The van der Waals surface area contributed by atoms with E-state index in [1.165, 1.54) is 16.9 Å². The molecule has 32 heavy (non-hydrogen) atoms. The van der Waals surface area contributed by atoms with Gasteiger partial charge in [-0.1, -0.05) is 17.5 Å².